The molecule has 158 valence electrons. The van der Waals surface area contributed by atoms with Gasteiger partial charge in [0.25, 0.3) is 0 Å². The SMILES string of the molecule is O=C1CCN(CC(O)COCc2ccco2)c2ccsc2CN1Cc1ccccc1. The highest BCUT2D eigenvalue weighted by Crippen LogP contribution is 2.30. The van der Waals surface area contributed by atoms with E-state index >= 15 is 0 Å². The van der Waals surface area contributed by atoms with E-state index in [-0.39, 0.29) is 12.5 Å². The molecular weight excluding hydrogens is 400 g/mol. The van der Waals surface area contributed by atoms with E-state index in [4.69, 9.17) is 9.15 Å². The second-order valence-corrected chi connectivity index (χ2v) is 8.41. The number of thiophene rings is 1. The number of fused-ring (bicyclic) bond motifs is 1. The van der Waals surface area contributed by atoms with Gasteiger partial charge in [-0.2, -0.15) is 0 Å². The van der Waals surface area contributed by atoms with Gasteiger partial charge in [-0.3, -0.25) is 4.79 Å². The Morgan fingerprint density at radius 3 is 2.80 bits per heavy atom. The van der Waals surface area contributed by atoms with Gasteiger partial charge in [0.05, 0.1) is 31.2 Å². The molecule has 3 heterocycles. The number of β-amino-alcohol motifs (C(OH)–C–C–N with tert-alkyl or cyclic N) is 1. The van der Waals surface area contributed by atoms with Crippen molar-refractivity contribution in [3.63, 3.8) is 0 Å². The van der Waals surface area contributed by atoms with E-state index in [2.05, 4.69) is 11.0 Å². The van der Waals surface area contributed by atoms with Crippen LogP contribution in [0.2, 0.25) is 0 Å². The average Bonchev–Trinajstić information content (AvgIpc) is 3.42. The topological polar surface area (TPSA) is 66.2 Å². The Morgan fingerprint density at radius 2 is 2.00 bits per heavy atom. The number of amides is 1. The molecule has 1 aromatic carbocycles. The van der Waals surface area contributed by atoms with Crippen molar-refractivity contribution >= 4 is 22.9 Å². The summed E-state index contributed by atoms with van der Waals surface area (Å²) in [6, 6.07) is 15.8. The maximum atomic E-state index is 12.8. The lowest BCUT2D eigenvalue weighted by Gasteiger charge is -2.32. The molecule has 1 aliphatic heterocycles. The highest BCUT2D eigenvalue weighted by Gasteiger charge is 2.25. The Bertz CT molecular complexity index is 926. The Balaban J connectivity index is 1.38. The molecule has 0 aliphatic carbocycles. The predicted octanol–water partition coefficient (Wildman–Crippen LogP) is 3.66. The van der Waals surface area contributed by atoms with Crippen molar-refractivity contribution in [2.45, 2.75) is 32.2 Å². The van der Waals surface area contributed by atoms with Crippen molar-refractivity contribution in [1.29, 1.82) is 0 Å². The van der Waals surface area contributed by atoms with Gasteiger partial charge in [-0.05, 0) is 29.1 Å². The monoisotopic (exact) mass is 426 g/mol. The number of ether oxygens (including phenoxy) is 1. The first-order chi connectivity index (χ1) is 14.7. The van der Waals surface area contributed by atoms with Gasteiger partial charge in [-0.15, -0.1) is 11.3 Å². The van der Waals surface area contributed by atoms with Crippen LogP contribution in [0.4, 0.5) is 5.69 Å². The summed E-state index contributed by atoms with van der Waals surface area (Å²) in [5.74, 6) is 0.865. The van der Waals surface area contributed by atoms with Crippen LogP contribution in [-0.4, -0.2) is 41.7 Å². The molecule has 1 N–H and O–H groups in total. The number of benzene rings is 1. The number of nitrogens with zero attached hydrogens (tertiary/aromatic N) is 2. The lowest BCUT2D eigenvalue weighted by Crippen LogP contribution is -2.41. The van der Waals surface area contributed by atoms with Gasteiger partial charge in [0.2, 0.25) is 5.91 Å². The Labute approximate surface area is 180 Å². The highest BCUT2D eigenvalue weighted by atomic mass is 32.1. The summed E-state index contributed by atoms with van der Waals surface area (Å²) in [6.07, 6.45) is 1.37. The quantitative estimate of drug-likeness (QED) is 0.596. The summed E-state index contributed by atoms with van der Waals surface area (Å²) in [5, 5.41) is 12.5. The molecule has 7 heteroatoms. The van der Waals surface area contributed by atoms with E-state index in [1.54, 1.807) is 17.6 Å². The predicted molar refractivity (Wildman–Crippen MR) is 116 cm³/mol. The number of hydrogen-bond acceptors (Lipinski definition) is 6. The lowest BCUT2D eigenvalue weighted by atomic mass is 10.1. The van der Waals surface area contributed by atoms with Crippen LogP contribution in [0, 0.1) is 0 Å². The molecule has 0 spiro atoms. The van der Waals surface area contributed by atoms with E-state index < -0.39 is 6.10 Å². The average molecular weight is 427 g/mol. The summed E-state index contributed by atoms with van der Waals surface area (Å²) < 4.78 is 10.8. The summed E-state index contributed by atoms with van der Waals surface area (Å²) in [7, 11) is 0. The van der Waals surface area contributed by atoms with E-state index in [0.29, 0.717) is 39.2 Å². The minimum Gasteiger partial charge on any atom is -0.467 e. The van der Waals surface area contributed by atoms with Crippen molar-refractivity contribution in [3.8, 4) is 0 Å². The van der Waals surface area contributed by atoms with E-state index in [1.807, 2.05) is 52.7 Å². The van der Waals surface area contributed by atoms with Gasteiger partial charge in [0.1, 0.15) is 12.4 Å². The number of hydrogen-bond donors (Lipinski definition) is 1. The molecule has 30 heavy (non-hydrogen) atoms. The first-order valence-corrected chi connectivity index (χ1v) is 11.0. The van der Waals surface area contributed by atoms with Crippen LogP contribution in [0.15, 0.2) is 64.6 Å². The number of carbonyl (C=O) groups is 1. The van der Waals surface area contributed by atoms with Crippen molar-refractivity contribution in [1.82, 2.24) is 4.90 Å². The number of aliphatic hydroxyl groups is 1. The van der Waals surface area contributed by atoms with Gasteiger partial charge < -0.3 is 24.1 Å². The second-order valence-electron chi connectivity index (χ2n) is 7.41. The van der Waals surface area contributed by atoms with Crippen LogP contribution >= 0.6 is 11.3 Å². The first kappa shape index (κ1) is 20.7. The number of anilines is 1. The normalized spacial score (nSPS) is 15.6. The molecule has 0 saturated carbocycles. The van der Waals surface area contributed by atoms with Gasteiger partial charge in [0.15, 0.2) is 0 Å². The minimum absolute atomic E-state index is 0.131. The van der Waals surface area contributed by atoms with Crippen molar-refractivity contribution in [2.75, 3.05) is 24.6 Å². The van der Waals surface area contributed by atoms with E-state index in [9.17, 15) is 9.90 Å². The number of aliphatic hydroxyl groups excluding tert-OH is 1. The standard InChI is InChI=1S/C23H26N2O4S/c26-19(16-28-17-20-7-4-11-29-20)14-24-10-8-23(27)25(13-18-5-2-1-3-6-18)15-22-21(24)9-12-30-22/h1-7,9,11-12,19,26H,8,10,13-17H2. The molecule has 3 aromatic rings. The summed E-state index contributed by atoms with van der Waals surface area (Å²) in [4.78, 5) is 18.0. The fourth-order valence-electron chi connectivity index (χ4n) is 3.64. The zero-order valence-electron chi connectivity index (χ0n) is 16.8. The summed E-state index contributed by atoms with van der Waals surface area (Å²) in [5.41, 5.74) is 2.22. The molecule has 1 unspecified atom stereocenters. The fourth-order valence-corrected chi connectivity index (χ4v) is 4.55. The fraction of sp³-hybridized carbons (Fsp3) is 0.348. The van der Waals surface area contributed by atoms with E-state index in [0.717, 1.165) is 21.9 Å². The maximum absolute atomic E-state index is 12.8. The molecule has 2 aromatic heterocycles. The third kappa shape index (κ3) is 5.30. The zero-order chi connectivity index (χ0) is 20.8. The molecule has 4 rings (SSSR count). The second kappa shape index (κ2) is 9.93. The summed E-state index contributed by atoms with van der Waals surface area (Å²) >= 11 is 1.65. The number of rotatable bonds is 8. The van der Waals surface area contributed by atoms with Gasteiger partial charge >= 0.3 is 0 Å². The van der Waals surface area contributed by atoms with Crippen LogP contribution in [-0.2, 0) is 29.2 Å². The lowest BCUT2D eigenvalue weighted by molar-refractivity contribution is -0.132. The van der Waals surface area contributed by atoms with Crippen molar-refractivity contribution < 1.29 is 19.1 Å². The number of carbonyl (C=O) groups excluding carboxylic acids is 1. The molecular formula is C23H26N2O4S. The van der Waals surface area contributed by atoms with Crippen molar-refractivity contribution in [3.05, 3.63) is 76.4 Å². The van der Waals surface area contributed by atoms with Crippen LogP contribution < -0.4 is 4.90 Å². The first-order valence-electron chi connectivity index (χ1n) is 10.1. The minimum atomic E-state index is -0.650. The smallest absolute Gasteiger partial charge is 0.224 e. The highest BCUT2D eigenvalue weighted by molar-refractivity contribution is 7.10. The summed E-state index contributed by atoms with van der Waals surface area (Å²) in [6.45, 7) is 2.74. The van der Waals surface area contributed by atoms with Crippen LogP contribution in [0.3, 0.4) is 0 Å². The molecule has 1 amide bonds. The largest absolute Gasteiger partial charge is 0.467 e. The Hall–Kier alpha value is -2.61. The number of furan rings is 1. The Morgan fingerprint density at radius 1 is 1.13 bits per heavy atom. The molecule has 0 radical (unpaired) electrons. The molecule has 0 bridgehead atoms. The van der Waals surface area contributed by atoms with Gasteiger partial charge in [-0.25, -0.2) is 0 Å². The third-order valence-electron chi connectivity index (χ3n) is 5.13. The molecule has 0 saturated heterocycles. The van der Waals surface area contributed by atoms with Gasteiger partial charge in [-0.1, -0.05) is 30.3 Å². The van der Waals surface area contributed by atoms with Crippen LogP contribution in [0.1, 0.15) is 22.6 Å². The van der Waals surface area contributed by atoms with Crippen molar-refractivity contribution in [2.24, 2.45) is 0 Å². The zero-order valence-corrected chi connectivity index (χ0v) is 17.6. The molecule has 1 aliphatic rings. The molecule has 6 nitrogen and oxygen atoms in total. The van der Waals surface area contributed by atoms with Gasteiger partial charge in [0, 0.05) is 30.9 Å². The third-order valence-corrected chi connectivity index (χ3v) is 6.02. The van der Waals surface area contributed by atoms with E-state index in [1.165, 1.54) is 0 Å². The van der Waals surface area contributed by atoms with Crippen LogP contribution in [0.25, 0.3) is 0 Å². The van der Waals surface area contributed by atoms with Crippen LogP contribution in [0.5, 0.6) is 0 Å². The Kier molecular flexibility index (Phi) is 6.84. The molecule has 1 atom stereocenters. The molecule has 0 fully saturated rings. The maximum Gasteiger partial charge on any atom is 0.224 e.